The van der Waals surface area contributed by atoms with E-state index in [0.717, 1.165) is 49.0 Å². The molecule has 1 aromatic carbocycles. The third-order valence-corrected chi connectivity index (χ3v) is 7.22. The minimum absolute atomic E-state index is 0.0658. The van der Waals surface area contributed by atoms with Crippen molar-refractivity contribution in [2.24, 2.45) is 11.3 Å². The number of benzene rings is 1. The number of hydrogen-bond donors (Lipinski definition) is 1. The van der Waals surface area contributed by atoms with Crippen molar-refractivity contribution < 1.29 is 22.8 Å². The monoisotopic (exact) mass is 448 g/mol. The molecular formula is C23H27F3N4O2. The van der Waals surface area contributed by atoms with Gasteiger partial charge in [-0.1, -0.05) is 5.16 Å². The number of rotatable bonds is 4. The van der Waals surface area contributed by atoms with E-state index in [1.165, 1.54) is 6.07 Å². The van der Waals surface area contributed by atoms with Gasteiger partial charge in [-0.3, -0.25) is 4.90 Å². The fourth-order valence-corrected chi connectivity index (χ4v) is 5.30. The number of alkyl halides is 3. The highest BCUT2D eigenvalue weighted by atomic mass is 19.4. The van der Waals surface area contributed by atoms with Crippen LogP contribution in [0, 0.1) is 36.5 Å². The zero-order valence-corrected chi connectivity index (χ0v) is 18.2. The third-order valence-electron chi connectivity index (χ3n) is 7.22. The first-order valence-electron chi connectivity index (χ1n) is 10.8. The van der Waals surface area contributed by atoms with Crippen LogP contribution in [0.4, 0.5) is 18.9 Å². The van der Waals surface area contributed by atoms with Crippen molar-refractivity contribution in [1.29, 1.82) is 5.26 Å². The molecule has 6 nitrogen and oxygen atoms in total. The Morgan fingerprint density at radius 2 is 2.00 bits per heavy atom. The van der Waals surface area contributed by atoms with Crippen molar-refractivity contribution in [2.75, 3.05) is 37.7 Å². The summed E-state index contributed by atoms with van der Waals surface area (Å²) in [6.45, 7) is 7.45. The van der Waals surface area contributed by atoms with Crippen LogP contribution >= 0.6 is 0 Å². The molecule has 0 bridgehead atoms. The van der Waals surface area contributed by atoms with Crippen molar-refractivity contribution >= 4 is 5.69 Å². The van der Waals surface area contributed by atoms with Gasteiger partial charge >= 0.3 is 6.18 Å². The summed E-state index contributed by atoms with van der Waals surface area (Å²) in [5.74, 6) is 0.928. The van der Waals surface area contributed by atoms with E-state index in [1.807, 2.05) is 18.7 Å². The van der Waals surface area contributed by atoms with Crippen molar-refractivity contribution in [1.82, 2.24) is 10.1 Å². The molecule has 0 saturated carbocycles. The van der Waals surface area contributed by atoms with Gasteiger partial charge in [0.25, 0.3) is 0 Å². The molecule has 2 aliphatic heterocycles. The Balaban J connectivity index is 1.48. The summed E-state index contributed by atoms with van der Waals surface area (Å²) in [6.07, 6.45) is -2.99. The lowest BCUT2D eigenvalue weighted by Gasteiger charge is -2.43. The topological polar surface area (TPSA) is 76.5 Å². The lowest BCUT2D eigenvalue weighted by molar-refractivity contribution is -0.137. The SMILES string of the molecule is Cc1noc(C)c1CN1CC(CO)C2(CCN(c3ccc(C#N)c(C(F)(F)F)c3)CC2)C1. The fourth-order valence-electron chi connectivity index (χ4n) is 5.30. The van der Waals surface area contributed by atoms with Crippen LogP contribution < -0.4 is 4.90 Å². The molecule has 2 aromatic rings. The van der Waals surface area contributed by atoms with Gasteiger partial charge in [0.05, 0.1) is 22.9 Å². The maximum absolute atomic E-state index is 13.4. The molecule has 1 aromatic heterocycles. The van der Waals surface area contributed by atoms with E-state index < -0.39 is 11.7 Å². The number of nitriles is 1. The molecule has 0 radical (unpaired) electrons. The van der Waals surface area contributed by atoms with E-state index in [9.17, 15) is 18.3 Å². The molecular weight excluding hydrogens is 421 g/mol. The molecule has 1 spiro atoms. The van der Waals surface area contributed by atoms with Gasteiger partial charge in [0.15, 0.2) is 0 Å². The Morgan fingerprint density at radius 1 is 1.28 bits per heavy atom. The van der Waals surface area contributed by atoms with Crippen molar-refractivity contribution in [3.63, 3.8) is 0 Å². The first-order chi connectivity index (χ1) is 15.2. The first kappa shape index (κ1) is 22.6. The van der Waals surface area contributed by atoms with Crippen LogP contribution in [0.5, 0.6) is 0 Å². The largest absolute Gasteiger partial charge is 0.417 e. The quantitative estimate of drug-likeness (QED) is 0.765. The summed E-state index contributed by atoms with van der Waals surface area (Å²) < 4.78 is 45.4. The van der Waals surface area contributed by atoms with Gasteiger partial charge in [-0.05, 0) is 50.3 Å². The number of nitrogens with zero attached hydrogens (tertiary/aromatic N) is 4. The van der Waals surface area contributed by atoms with Crippen molar-refractivity contribution in [3.05, 3.63) is 46.3 Å². The lowest BCUT2D eigenvalue weighted by atomic mass is 9.71. The van der Waals surface area contributed by atoms with Gasteiger partial charge in [-0.2, -0.15) is 18.4 Å². The normalized spacial score (nSPS) is 21.3. The van der Waals surface area contributed by atoms with Crippen LogP contribution in [-0.4, -0.2) is 47.9 Å². The molecule has 2 fully saturated rings. The van der Waals surface area contributed by atoms with E-state index in [2.05, 4.69) is 10.1 Å². The predicted molar refractivity (Wildman–Crippen MR) is 112 cm³/mol. The molecule has 1 atom stereocenters. The van der Waals surface area contributed by atoms with E-state index in [1.54, 1.807) is 12.1 Å². The summed E-state index contributed by atoms with van der Waals surface area (Å²) >= 11 is 0. The molecule has 0 amide bonds. The molecule has 1 N–H and O–H groups in total. The molecule has 32 heavy (non-hydrogen) atoms. The highest BCUT2D eigenvalue weighted by molar-refractivity contribution is 5.55. The molecule has 2 saturated heterocycles. The second kappa shape index (κ2) is 8.41. The maximum atomic E-state index is 13.4. The number of aliphatic hydroxyl groups excluding tert-OH is 1. The number of piperidine rings is 1. The Kier molecular flexibility index (Phi) is 5.94. The van der Waals surface area contributed by atoms with E-state index in [-0.39, 0.29) is 23.5 Å². The minimum Gasteiger partial charge on any atom is -0.396 e. The average molecular weight is 448 g/mol. The van der Waals surface area contributed by atoms with Crippen LogP contribution in [0.3, 0.4) is 0 Å². The maximum Gasteiger partial charge on any atom is 0.417 e. The number of hydrogen-bond acceptors (Lipinski definition) is 6. The number of aryl methyl sites for hydroxylation is 2. The van der Waals surface area contributed by atoms with Crippen LogP contribution in [0.15, 0.2) is 22.7 Å². The molecule has 9 heteroatoms. The Labute approximate surface area is 185 Å². The van der Waals surface area contributed by atoms with Crippen molar-refractivity contribution in [3.8, 4) is 6.07 Å². The molecule has 1 unspecified atom stereocenters. The second-order valence-electron chi connectivity index (χ2n) is 9.04. The average Bonchev–Trinajstić information content (AvgIpc) is 3.27. The van der Waals surface area contributed by atoms with Gasteiger partial charge in [0.2, 0.25) is 0 Å². The van der Waals surface area contributed by atoms with Gasteiger partial charge in [-0.25, -0.2) is 0 Å². The molecule has 4 rings (SSSR count). The van der Waals surface area contributed by atoms with Crippen LogP contribution in [-0.2, 0) is 12.7 Å². The zero-order valence-electron chi connectivity index (χ0n) is 18.2. The standard InChI is InChI=1S/C23H27F3N4O2/c1-15-20(16(2)32-28-15)12-29-11-18(13-31)22(14-29)5-7-30(8-6-22)19-4-3-17(10-27)21(9-19)23(24,25)26/h3-4,9,18,31H,5-8,11-14H2,1-2H3. The summed E-state index contributed by atoms with van der Waals surface area (Å²) in [7, 11) is 0. The zero-order chi connectivity index (χ0) is 23.1. The fraction of sp³-hybridized carbons (Fsp3) is 0.565. The van der Waals surface area contributed by atoms with Gasteiger partial charge < -0.3 is 14.5 Å². The molecule has 172 valence electrons. The third kappa shape index (κ3) is 4.09. The van der Waals surface area contributed by atoms with Gasteiger partial charge in [0.1, 0.15) is 5.76 Å². The molecule has 0 aliphatic carbocycles. The van der Waals surface area contributed by atoms with Crippen LogP contribution in [0.2, 0.25) is 0 Å². The number of aliphatic hydroxyl groups is 1. The van der Waals surface area contributed by atoms with E-state index >= 15 is 0 Å². The Hall–Kier alpha value is -2.57. The highest BCUT2D eigenvalue weighted by Crippen LogP contribution is 2.46. The number of anilines is 1. The van der Waals surface area contributed by atoms with E-state index in [0.29, 0.717) is 25.3 Å². The summed E-state index contributed by atoms with van der Waals surface area (Å²) in [4.78, 5) is 4.28. The van der Waals surface area contributed by atoms with Gasteiger partial charge in [-0.15, -0.1) is 0 Å². The number of likely N-dealkylation sites (tertiary alicyclic amines) is 1. The van der Waals surface area contributed by atoms with Crippen molar-refractivity contribution in [2.45, 2.75) is 39.4 Å². The minimum atomic E-state index is -4.57. The summed E-state index contributed by atoms with van der Waals surface area (Å²) in [5, 5.41) is 23.1. The molecule has 2 aliphatic rings. The number of aromatic nitrogens is 1. The second-order valence-corrected chi connectivity index (χ2v) is 9.04. The molecule has 3 heterocycles. The van der Waals surface area contributed by atoms with Gasteiger partial charge in [0, 0.05) is 56.5 Å². The van der Waals surface area contributed by atoms with Crippen LogP contribution in [0.25, 0.3) is 0 Å². The summed E-state index contributed by atoms with van der Waals surface area (Å²) in [6, 6.07) is 5.56. The smallest absolute Gasteiger partial charge is 0.396 e. The number of halogens is 3. The van der Waals surface area contributed by atoms with Crippen LogP contribution in [0.1, 0.15) is 41.0 Å². The Bertz CT molecular complexity index is 1000. The van der Waals surface area contributed by atoms with E-state index in [4.69, 9.17) is 9.78 Å². The summed E-state index contributed by atoms with van der Waals surface area (Å²) in [5.41, 5.74) is 1.12. The lowest BCUT2D eigenvalue weighted by Crippen LogP contribution is -2.45. The highest BCUT2D eigenvalue weighted by Gasteiger charge is 2.48. The first-order valence-corrected chi connectivity index (χ1v) is 10.8. The Morgan fingerprint density at radius 3 is 2.56 bits per heavy atom. The predicted octanol–water partition coefficient (Wildman–Crippen LogP) is 3.89.